The minimum absolute atomic E-state index is 0.231. The monoisotopic (exact) mass is 479 g/mol. The summed E-state index contributed by atoms with van der Waals surface area (Å²) in [5.74, 6) is 2.15. The van der Waals surface area contributed by atoms with E-state index in [1.54, 1.807) is 50.6 Å². The standard InChI is InChI=1S/C20H22ClN5O5S/c1-29-12-5-7-15(16(9-12)26-32(4,27)28)23-19-14(21)11-22-20(25-19)24-17-10-13(30-2)6-8-18(17)31-3/h5-11,26H,1-4H3,(H2,22,23,24,25). The van der Waals surface area contributed by atoms with Gasteiger partial charge < -0.3 is 24.8 Å². The third-order valence-electron chi connectivity index (χ3n) is 4.17. The minimum atomic E-state index is -3.54. The van der Waals surface area contributed by atoms with E-state index < -0.39 is 10.0 Å². The van der Waals surface area contributed by atoms with E-state index in [0.29, 0.717) is 28.6 Å². The molecular formula is C20H22ClN5O5S. The normalized spacial score (nSPS) is 10.9. The lowest BCUT2D eigenvalue weighted by molar-refractivity contribution is 0.405. The molecule has 12 heteroatoms. The van der Waals surface area contributed by atoms with E-state index >= 15 is 0 Å². The third kappa shape index (κ3) is 5.83. The maximum Gasteiger partial charge on any atom is 0.229 e. The van der Waals surface area contributed by atoms with Crippen molar-refractivity contribution in [1.82, 2.24) is 9.97 Å². The van der Waals surface area contributed by atoms with Crippen LogP contribution in [0.1, 0.15) is 0 Å². The van der Waals surface area contributed by atoms with Gasteiger partial charge in [-0.1, -0.05) is 11.6 Å². The molecule has 0 unspecified atom stereocenters. The van der Waals surface area contributed by atoms with Crippen molar-refractivity contribution in [3.63, 3.8) is 0 Å². The molecule has 0 aliphatic carbocycles. The van der Waals surface area contributed by atoms with Gasteiger partial charge >= 0.3 is 0 Å². The molecule has 0 saturated carbocycles. The Morgan fingerprint density at radius 2 is 1.53 bits per heavy atom. The fourth-order valence-corrected chi connectivity index (χ4v) is 3.42. The summed E-state index contributed by atoms with van der Waals surface area (Å²) >= 11 is 6.28. The number of halogens is 1. The van der Waals surface area contributed by atoms with Gasteiger partial charge in [0.25, 0.3) is 0 Å². The molecule has 1 aromatic heterocycles. The van der Waals surface area contributed by atoms with E-state index in [2.05, 4.69) is 25.3 Å². The van der Waals surface area contributed by atoms with E-state index in [1.165, 1.54) is 13.3 Å². The Balaban J connectivity index is 1.94. The molecule has 0 amide bonds. The Morgan fingerprint density at radius 3 is 2.16 bits per heavy atom. The zero-order chi connectivity index (χ0) is 23.3. The summed E-state index contributed by atoms with van der Waals surface area (Å²) in [6, 6.07) is 10.1. The topological polar surface area (TPSA) is 124 Å². The lowest BCUT2D eigenvalue weighted by Crippen LogP contribution is -2.11. The summed E-state index contributed by atoms with van der Waals surface area (Å²) < 4.78 is 41.8. The number of hydrogen-bond acceptors (Lipinski definition) is 9. The van der Waals surface area contributed by atoms with Gasteiger partial charge in [-0.3, -0.25) is 4.72 Å². The lowest BCUT2D eigenvalue weighted by Gasteiger charge is -2.16. The van der Waals surface area contributed by atoms with Gasteiger partial charge in [0.1, 0.15) is 22.3 Å². The van der Waals surface area contributed by atoms with Crippen LogP contribution < -0.4 is 29.6 Å². The number of anilines is 5. The van der Waals surface area contributed by atoms with Gasteiger partial charge in [-0.2, -0.15) is 4.98 Å². The van der Waals surface area contributed by atoms with Crippen molar-refractivity contribution in [2.75, 3.05) is 42.9 Å². The third-order valence-corrected chi connectivity index (χ3v) is 5.04. The van der Waals surface area contributed by atoms with Crippen LogP contribution >= 0.6 is 11.6 Å². The van der Waals surface area contributed by atoms with E-state index in [1.807, 2.05) is 0 Å². The Hall–Kier alpha value is -3.44. The van der Waals surface area contributed by atoms with Crippen LogP contribution in [0.2, 0.25) is 5.02 Å². The number of ether oxygens (including phenoxy) is 3. The summed E-state index contributed by atoms with van der Waals surface area (Å²) in [5, 5.41) is 6.33. The smallest absolute Gasteiger partial charge is 0.229 e. The maximum absolute atomic E-state index is 11.8. The highest BCUT2D eigenvalue weighted by molar-refractivity contribution is 7.92. The summed E-state index contributed by atoms with van der Waals surface area (Å²) in [6.07, 6.45) is 2.47. The van der Waals surface area contributed by atoms with Crippen molar-refractivity contribution in [2.45, 2.75) is 0 Å². The molecule has 0 aliphatic rings. The molecular weight excluding hydrogens is 458 g/mol. The van der Waals surface area contributed by atoms with E-state index in [0.717, 1.165) is 6.26 Å². The zero-order valence-corrected chi connectivity index (χ0v) is 19.3. The van der Waals surface area contributed by atoms with Gasteiger partial charge in [-0.05, 0) is 24.3 Å². The SMILES string of the molecule is COc1ccc(Nc2nc(Nc3cc(OC)ccc3OC)ncc2Cl)c(NS(C)(=O)=O)c1. The Bertz CT molecular complexity index is 1220. The number of benzene rings is 2. The molecule has 170 valence electrons. The molecule has 1 heterocycles. The van der Waals surface area contributed by atoms with Crippen LogP contribution in [-0.2, 0) is 10.0 Å². The molecule has 0 atom stereocenters. The highest BCUT2D eigenvalue weighted by Crippen LogP contribution is 2.34. The fourth-order valence-electron chi connectivity index (χ4n) is 2.72. The van der Waals surface area contributed by atoms with Crippen molar-refractivity contribution in [3.8, 4) is 17.2 Å². The summed E-state index contributed by atoms with van der Waals surface area (Å²) in [7, 11) is 1.05. The predicted molar refractivity (Wildman–Crippen MR) is 125 cm³/mol. The number of aromatic nitrogens is 2. The second-order valence-electron chi connectivity index (χ2n) is 6.49. The van der Waals surface area contributed by atoms with Gasteiger partial charge in [-0.15, -0.1) is 0 Å². The highest BCUT2D eigenvalue weighted by Gasteiger charge is 2.14. The van der Waals surface area contributed by atoms with Crippen LogP contribution in [0.3, 0.4) is 0 Å². The predicted octanol–water partition coefficient (Wildman–Crippen LogP) is 4.01. The number of nitrogens with zero attached hydrogens (tertiary/aromatic N) is 2. The van der Waals surface area contributed by atoms with Gasteiger partial charge in [-0.25, -0.2) is 13.4 Å². The molecule has 0 fully saturated rings. The van der Waals surface area contributed by atoms with E-state index in [4.69, 9.17) is 25.8 Å². The molecule has 2 aromatic carbocycles. The van der Waals surface area contributed by atoms with Crippen LogP contribution in [0, 0.1) is 0 Å². The Kier molecular flexibility index (Phi) is 7.11. The van der Waals surface area contributed by atoms with E-state index in [9.17, 15) is 8.42 Å². The molecule has 0 spiro atoms. The molecule has 0 aliphatic heterocycles. The fraction of sp³-hybridized carbons (Fsp3) is 0.200. The van der Waals surface area contributed by atoms with Gasteiger partial charge in [0.15, 0.2) is 5.82 Å². The summed E-state index contributed by atoms with van der Waals surface area (Å²) in [5.41, 5.74) is 1.27. The van der Waals surface area contributed by atoms with E-state index in [-0.39, 0.29) is 22.5 Å². The number of hydrogen-bond donors (Lipinski definition) is 3. The molecule has 0 bridgehead atoms. The maximum atomic E-state index is 11.8. The van der Waals surface area contributed by atoms with Crippen LogP contribution in [0.15, 0.2) is 42.6 Å². The first-order chi connectivity index (χ1) is 15.2. The Labute approximate surface area is 190 Å². The van der Waals surface area contributed by atoms with Gasteiger partial charge in [0.05, 0.1) is 50.8 Å². The molecule has 3 aromatic rings. The number of sulfonamides is 1. The number of rotatable bonds is 9. The van der Waals surface area contributed by atoms with Crippen LogP contribution in [0.4, 0.5) is 28.8 Å². The lowest BCUT2D eigenvalue weighted by atomic mass is 10.2. The molecule has 3 N–H and O–H groups in total. The highest BCUT2D eigenvalue weighted by atomic mass is 35.5. The zero-order valence-electron chi connectivity index (χ0n) is 17.8. The largest absolute Gasteiger partial charge is 0.497 e. The quantitative estimate of drug-likeness (QED) is 0.417. The van der Waals surface area contributed by atoms with Crippen molar-refractivity contribution in [1.29, 1.82) is 0 Å². The molecule has 10 nitrogen and oxygen atoms in total. The summed E-state index contributed by atoms with van der Waals surface area (Å²) in [4.78, 5) is 8.60. The first-order valence-corrected chi connectivity index (χ1v) is 11.4. The van der Waals surface area contributed by atoms with Crippen molar-refractivity contribution >= 4 is 50.5 Å². The first-order valence-electron chi connectivity index (χ1n) is 9.17. The second-order valence-corrected chi connectivity index (χ2v) is 8.65. The van der Waals surface area contributed by atoms with Crippen LogP contribution in [0.25, 0.3) is 0 Å². The van der Waals surface area contributed by atoms with Crippen LogP contribution in [0.5, 0.6) is 17.2 Å². The average Bonchev–Trinajstić information content (AvgIpc) is 2.76. The number of nitrogens with one attached hydrogen (secondary N) is 3. The van der Waals surface area contributed by atoms with Gasteiger partial charge in [0.2, 0.25) is 16.0 Å². The van der Waals surface area contributed by atoms with Gasteiger partial charge in [0, 0.05) is 12.1 Å². The molecule has 3 rings (SSSR count). The minimum Gasteiger partial charge on any atom is -0.497 e. The van der Waals surface area contributed by atoms with Crippen molar-refractivity contribution in [3.05, 3.63) is 47.6 Å². The molecule has 0 radical (unpaired) electrons. The van der Waals surface area contributed by atoms with Crippen LogP contribution in [-0.4, -0.2) is 46.0 Å². The number of methoxy groups -OCH3 is 3. The second kappa shape index (κ2) is 9.79. The Morgan fingerprint density at radius 1 is 0.875 bits per heavy atom. The van der Waals surface area contributed by atoms with Crippen molar-refractivity contribution in [2.24, 2.45) is 0 Å². The molecule has 0 saturated heterocycles. The average molecular weight is 480 g/mol. The molecule has 32 heavy (non-hydrogen) atoms. The summed E-state index contributed by atoms with van der Waals surface area (Å²) in [6.45, 7) is 0. The van der Waals surface area contributed by atoms with Crippen molar-refractivity contribution < 1.29 is 22.6 Å². The first kappa shape index (κ1) is 23.2.